The van der Waals surface area contributed by atoms with Crippen molar-refractivity contribution in [3.63, 3.8) is 0 Å². The number of rotatable bonds is 4. The van der Waals surface area contributed by atoms with Gasteiger partial charge in [0.15, 0.2) is 0 Å². The number of hydrogen-bond donors (Lipinski definition) is 0. The number of amides is 1. The topological polar surface area (TPSA) is 96.5 Å². The number of halogens is 1. The van der Waals surface area contributed by atoms with Crippen LogP contribution in [-0.4, -0.2) is 27.9 Å². The Balaban J connectivity index is 1.60. The monoisotopic (exact) mass is 439 g/mol. The van der Waals surface area contributed by atoms with Crippen LogP contribution in [0.1, 0.15) is 49.2 Å². The van der Waals surface area contributed by atoms with Gasteiger partial charge in [0.1, 0.15) is 17.9 Å². The highest BCUT2D eigenvalue weighted by atomic mass is 35.5. The normalized spacial score (nSPS) is 23.0. The van der Waals surface area contributed by atoms with Gasteiger partial charge in [-0.25, -0.2) is 0 Å². The SMILES string of the molecule is CC1(C)C(Oc2ccc(C#N)c(Cl)c2)C(C)(C)C1N1Cc2cc([N+](=O)[O-])ccc2C1=O. The Morgan fingerprint density at radius 2 is 1.87 bits per heavy atom. The number of nitrogens with zero attached hydrogens (tertiary/aromatic N) is 3. The van der Waals surface area contributed by atoms with Gasteiger partial charge in [0.25, 0.3) is 11.6 Å². The Morgan fingerprint density at radius 3 is 2.45 bits per heavy atom. The number of carbonyl (C=O) groups is 1. The molecule has 2 aliphatic rings. The Bertz CT molecular complexity index is 1140. The average Bonchev–Trinajstić information content (AvgIpc) is 3.00. The molecule has 0 unspecified atom stereocenters. The van der Waals surface area contributed by atoms with Gasteiger partial charge in [-0.3, -0.25) is 14.9 Å². The molecule has 0 radical (unpaired) electrons. The lowest BCUT2D eigenvalue weighted by atomic mass is 9.49. The van der Waals surface area contributed by atoms with Crippen LogP contribution in [0.5, 0.6) is 5.75 Å². The van der Waals surface area contributed by atoms with Gasteiger partial charge < -0.3 is 9.64 Å². The third kappa shape index (κ3) is 3.14. The minimum atomic E-state index is -0.447. The van der Waals surface area contributed by atoms with E-state index in [1.807, 2.05) is 6.07 Å². The first-order valence-corrected chi connectivity index (χ1v) is 10.3. The van der Waals surface area contributed by atoms with Crippen LogP contribution in [0.2, 0.25) is 5.02 Å². The zero-order chi connectivity index (χ0) is 22.7. The average molecular weight is 440 g/mol. The summed E-state index contributed by atoms with van der Waals surface area (Å²) < 4.78 is 6.29. The molecule has 31 heavy (non-hydrogen) atoms. The number of hydrogen-bond acceptors (Lipinski definition) is 5. The first-order valence-electron chi connectivity index (χ1n) is 9.93. The molecule has 2 aromatic carbocycles. The Kier molecular flexibility index (Phi) is 4.74. The van der Waals surface area contributed by atoms with Crippen molar-refractivity contribution in [3.05, 3.63) is 68.2 Å². The number of nitro groups is 1. The van der Waals surface area contributed by atoms with E-state index in [0.29, 0.717) is 34.0 Å². The van der Waals surface area contributed by atoms with Gasteiger partial charge in [0, 0.05) is 47.2 Å². The van der Waals surface area contributed by atoms with Crippen LogP contribution >= 0.6 is 11.6 Å². The number of fused-ring (bicyclic) bond motifs is 1. The van der Waals surface area contributed by atoms with Crippen molar-refractivity contribution < 1.29 is 14.5 Å². The van der Waals surface area contributed by atoms with Crippen molar-refractivity contribution in [1.82, 2.24) is 4.90 Å². The highest BCUT2D eigenvalue weighted by Gasteiger charge is 2.67. The third-order valence-electron chi connectivity index (χ3n) is 6.52. The second kappa shape index (κ2) is 6.96. The zero-order valence-electron chi connectivity index (χ0n) is 17.7. The lowest BCUT2D eigenvalue weighted by Gasteiger charge is -2.65. The van der Waals surface area contributed by atoms with Crippen LogP contribution in [0.4, 0.5) is 5.69 Å². The van der Waals surface area contributed by atoms with E-state index < -0.39 is 4.92 Å². The standard InChI is InChI=1S/C23H22ClN3O4/c1-22(2)20(26-12-14-9-15(27(29)30)6-8-17(14)19(26)28)23(3,4)21(22)31-16-7-5-13(11-25)18(24)10-16/h5-10,20-21H,12H2,1-4H3. The molecule has 0 saturated heterocycles. The molecular weight excluding hydrogens is 418 g/mol. The summed E-state index contributed by atoms with van der Waals surface area (Å²) in [6, 6.07) is 11.3. The van der Waals surface area contributed by atoms with E-state index >= 15 is 0 Å². The lowest BCUT2D eigenvalue weighted by molar-refractivity contribution is -0.384. The largest absolute Gasteiger partial charge is 0.489 e. The minimum Gasteiger partial charge on any atom is -0.489 e. The van der Waals surface area contributed by atoms with E-state index in [1.165, 1.54) is 12.1 Å². The van der Waals surface area contributed by atoms with Crippen LogP contribution in [0, 0.1) is 32.3 Å². The molecule has 4 rings (SSSR count). The molecular formula is C23H22ClN3O4. The molecule has 1 fully saturated rings. The highest BCUT2D eigenvalue weighted by molar-refractivity contribution is 6.31. The summed E-state index contributed by atoms with van der Waals surface area (Å²) >= 11 is 6.15. The van der Waals surface area contributed by atoms with Gasteiger partial charge in [-0.2, -0.15) is 5.26 Å². The minimum absolute atomic E-state index is 0.0144. The molecule has 1 aliphatic heterocycles. The smallest absolute Gasteiger partial charge is 0.269 e. The summed E-state index contributed by atoms with van der Waals surface area (Å²) in [7, 11) is 0. The summed E-state index contributed by atoms with van der Waals surface area (Å²) in [5.41, 5.74) is 0.795. The maximum Gasteiger partial charge on any atom is 0.269 e. The summed E-state index contributed by atoms with van der Waals surface area (Å²) in [6.07, 6.45) is -0.208. The Labute approximate surface area is 185 Å². The fourth-order valence-corrected chi connectivity index (χ4v) is 5.88. The zero-order valence-corrected chi connectivity index (χ0v) is 18.4. The molecule has 0 bridgehead atoms. The van der Waals surface area contributed by atoms with Gasteiger partial charge >= 0.3 is 0 Å². The van der Waals surface area contributed by atoms with Crippen LogP contribution in [0.15, 0.2) is 36.4 Å². The molecule has 0 atom stereocenters. The van der Waals surface area contributed by atoms with E-state index in [1.54, 1.807) is 29.2 Å². The number of nitro benzene ring substituents is 1. The number of nitriles is 1. The summed E-state index contributed by atoms with van der Waals surface area (Å²) in [5.74, 6) is 0.455. The van der Waals surface area contributed by atoms with Crippen LogP contribution < -0.4 is 4.74 Å². The molecule has 0 spiro atoms. The summed E-state index contributed by atoms with van der Waals surface area (Å²) in [5, 5.41) is 20.5. The number of ether oxygens (including phenoxy) is 1. The highest BCUT2D eigenvalue weighted by Crippen LogP contribution is 2.59. The predicted octanol–water partition coefficient (Wildman–Crippen LogP) is 4.96. The van der Waals surface area contributed by atoms with E-state index in [9.17, 15) is 14.9 Å². The molecule has 8 heteroatoms. The maximum atomic E-state index is 13.1. The summed E-state index contributed by atoms with van der Waals surface area (Å²) in [4.78, 5) is 25.6. The van der Waals surface area contributed by atoms with Gasteiger partial charge in [-0.05, 0) is 23.8 Å². The van der Waals surface area contributed by atoms with Crippen molar-refractivity contribution in [2.45, 2.75) is 46.4 Å². The van der Waals surface area contributed by atoms with Crippen molar-refractivity contribution in [2.24, 2.45) is 10.8 Å². The molecule has 160 valence electrons. The molecule has 7 nitrogen and oxygen atoms in total. The van der Waals surface area contributed by atoms with Gasteiger partial charge in [0.2, 0.25) is 0 Å². The predicted molar refractivity (Wildman–Crippen MR) is 115 cm³/mol. The Morgan fingerprint density at radius 1 is 1.19 bits per heavy atom. The number of non-ortho nitro benzene ring substituents is 1. The van der Waals surface area contributed by atoms with Crippen molar-refractivity contribution in [3.8, 4) is 11.8 Å². The quantitative estimate of drug-likeness (QED) is 0.495. The van der Waals surface area contributed by atoms with Crippen molar-refractivity contribution in [1.29, 1.82) is 5.26 Å². The van der Waals surface area contributed by atoms with Gasteiger partial charge in [-0.1, -0.05) is 39.3 Å². The molecule has 2 aromatic rings. The molecule has 1 saturated carbocycles. The van der Waals surface area contributed by atoms with Crippen LogP contribution in [0.25, 0.3) is 0 Å². The van der Waals surface area contributed by atoms with E-state index in [-0.39, 0.29) is 34.6 Å². The number of carbonyl (C=O) groups excluding carboxylic acids is 1. The Hall–Kier alpha value is -3.11. The molecule has 0 N–H and O–H groups in total. The van der Waals surface area contributed by atoms with E-state index in [2.05, 4.69) is 27.7 Å². The van der Waals surface area contributed by atoms with E-state index in [4.69, 9.17) is 21.6 Å². The van der Waals surface area contributed by atoms with Crippen molar-refractivity contribution >= 4 is 23.2 Å². The third-order valence-corrected chi connectivity index (χ3v) is 6.83. The van der Waals surface area contributed by atoms with Gasteiger partial charge in [0.05, 0.1) is 15.5 Å². The second-order valence-corrected chi connectivity index (χ2v) is 9.74. The molecule has 1 heterocycles. The van der Waals surface area contributed by atoms with Crippen molar-refractivity contribution in [2.75, 3.05) is 0 Å². The lowest BCUT2D eigenvalue weighted by Crippen LogP contribution is -2.74. The fraction of sp³-hybridized carbons (Fsp3) is 0.391. The fourth-order valence-electron chi connectivity index (χ4n) is 5.66. The molecule has 1 aliphatic carbocycles. The van der Waals surface area contributed by atoms with Crippen LogP contribution in [0.3, 0.4) is 0 Å². The first kappa shape index (κ1) is 21.1. The molecule has 1 amide bonds. The van der Waals surface area contributed by atoms with Gasteiger partial charge in [-0.15, -0.1) is 0 Å². The second-order valence-electron chi connectivity index (χ2n) is 9.33. The first-order chi connectivity index (χ1) is 14.5. The van der Waals surface area contributed by atoms with Crippen LogP contribution in [-0.2, 0) is 6.54 Å². The maximum absolute atomic E-state index is 13.1. The summed E-state index contributed by atoms with van der Waals surface area (Å²) in [6.45, 7) is 8.55. The van der Waals surface area contributed by atoms with E-state index in [0.717, 1.165) is 0 Å². The number of benzene rings is 2. The molecule has 0 aromatic heterocycles.